The maximum absolute atomic E-state index is 11.7. The number of aliphatic hydroxyl groups is 2. The Kier molecular flexibility index (Phi) is 63.6. The molecule has 0 aliphatic carbocycles. The summed E-state index contributed by atoms with van der Waals surface area (Å²) >= 11 is 0. The Morgan fingerprint density at radius 1 is 0.465 bits per heavy atom. The maximum Gasteiger partial charge on any atom is 0.307 e. The molecule has 1 aliphatic heterocycles. The summed E-state index contributed by atoms with van der Waals surface area (Å²) in [5.74, 6) is -0.155. The van der Waals surface area contributed by atoms with Gasteiger partial charge in [-0.2, -0.15) is 0 Å². The number of ether oxygens (including phenoxy) is 3. The van der Waals surface area contributed by atoms with Crippen molar-refractivity contribution in [2.24, 2.45) is 0 Å². The highest BCUT2D eigenvalue weighted by atomic mass is 16.7. The molecule has 71 heavy (non-hydrogen) atoms. The van der Waals surface area contributed by atoms with Crippen LogP contribution in [0.3, 0.4) is 0 Å². The molecule has 0 bridgehead atoms. The van der Waals surface area contributed by atoms with Crippen LogP contribution in [-0.4, -0.2) is 80.5 Å². The van der Waals surface area contributed by atoms with E-state index in [9.17, 15) is 4.79 Å². The fraction of sp³-hybridized carbons (Fsp3) is 0.797. The molecule has 416 valence electrons. The van der Waals surface area contributed by atoms with E-state index in [1.165, 1.54) is 193 Å². The van der Waals surface area contributed by atoms with Crippen LogP contribution in [0.1, 0.15) is 271 Å². The molecule has 1 rings (SSSR count). The predicted octanol–water partition coefficient (Wildman–Crippen LogP) is 18.4. The summed E-state index contributed by atoms with van der Waals surface area (Å²) < 4.78 is 17.0. The van der Waals surface area contributed by atoms with Crippen LogP contribution in [0, 0.1) is 0 Å². The van der Waals surface area contributed by atoms with Gasteiger partial charge in [0.2, 0.25) is 0 Å². The molecule has 0 aromatic carbocycles. The Morgan fingerprint density at radius 3 is 1.15 bits per heavy atom. The predicted molar refractivity (Wildman–Crippen MR) is 310 cm³/mol. The summed E-state index contributed by atoms with van der Waals surface area (Å²) in [5, 5.41) is 17.3. The second kappa shape index (κ2) is 63.8. The molecule has 0 unspecified atom stereocenters. The van der Waals surface area contributed by atoms with Crippen molar-refractivity contribution in [3.8, 4) is 0 Å². The molecule has 1 aliphatic rings. The zero-order chi connectivity index (χ0) is 52.0. The smallest absolute Gasteiger partial charge is 0.307 e. The maximum atomic E-state index is 11.7. The molecule has 2 atom stereocenters. The standard InChI is InChI=1S/C28H51NO4.2C18H34O/c1-4-5-6-7-8-9-10-11-12-13-14-15-16-17-18-19-24-31-28-21-20-26(33-28)25-32-27(30)22-23-29(2)3;2*1-2-3-4-5-6-7-8-9-10-11-12-13-14-15-16-17-18-19/h8-9,11-12,26,28H,4-7,10,13-25H2,1-3H3;2*6-7,9-10,19H,2-5,8,11-18H2,1H3/b9-8-,12-11-;2*7-6-,10-9-/t26-,28+;;/m0../s1. The normalized spacial score (nSPS) is 15.1. The molecule has 2 N–H and O–H groups in total. The number of esters is 1. The van der Waals surface area contributed by atoms with Gasteiger partial charge in [-0.1, -0.05) is 209 Å². The van der Waals surface area contributed by atoms with E-state index in [0.717, 1.165) is 58.0 Å². The van der Waals surface area contributed by atoms with E-state index in [2.05, 4.69) is 93.7 Å². The monoisotopic (exact) mass is 998 g/mol. The number of unbranched alkanes of at least 4 members (excludes halogenated alkanes) is 27. The van der Waals surface area contributed by atoms with Gasteiger partial charge >= 0.3 is 5.97 Å². The van der Waals surface area contributed by atoms with Crippen molar-refractivity contribution in [2.75, 3.05) is 47.1 Å². The van der Waals surface area contributed by atoms with Crippen molar-refractivity contribution in [3.63, 3.8) is 0 Å². The van der Waals surface area contributed by atoms with E-state index < -0.39 is 0 Å². The Morgan fingerprint density at radius 2 is 0.803 bits per heavy atom. The highest BCUT2D eigenvalue weighted by Gasteiger charge is 2.26. The molecule has 0 aromatic heterocycles. The Balaban J connectivity index is 0. The van der Waals surface area contributed by atoms with Gasteiger partial charge in [0, 0.05) is 32.8 Å². The van der Waals surface area contributed by atoms with Gasteiger partial charge in [0.25, 0.3) is 0 Å². The minimum absolute atomic E-state index is 0.0193. The van der Waals surface area contributed by atoms with Crippen LogP contribution < -0.4 is 0 Å². The lowest BCUT2D eigenvalue weighted by Gasteiger charge is -2.15. The number of nitrogens with zero attached hydrogens (tertiary/aromatic N) is 1. The molecule has 0 radical (unpaired) electrons. The molecule has 1 heterocycles. The fourth-order valence-corrected chi connectivity index (χ4v) is 8.00. The first-order valence-electron chi connectivity index (χ1n) is 30.1. The van der Waals surface area contributed by atoms with Gasteiger partial charge in [0.05, 0.1) is 12.5 Å². The van der Waals surface area contributed by atoms with Crippen molar-refractivity contribution in [1.29, 1.82) is 0 Å². The third-order valence-electron chi connectivity index (χ3n) is 12.6. The van der Waals surface area contributed by atoms with Gasteiger partial charge < -0.3 is 29.3 Å². The number of hydrogen-bond donors (Lipinski definition) is 2. The first-order chi connectivity index (χ1) is 34.9. The molecule has 0 amide bonds. The highest BCUT2D eigenvalue weighted by molar-refractivity contribution is 5.69. The Bertz CT molecular complexity index is 1160. The summed E-state index contributed by atoms with van der Waals surface area (Å²) in [5.41, 5.74) is 0. The third kappa shape index (κ3) is 63.8. The molecule has 0 aromatic rings. The van der Waals surface area contributed by atoms with Crippen LogP contribution in [0.15, 0.2) is 72.9 Å². The third-order valence-corrected chi connectivity index (χ3v) is 12.6. The summed E-state index contributed by atoms with van der Waals surface area (Å²) in [6.07, 6.45) is 74.8. The zero-order valence-electron chi connectivity index (χ0n) is 47.7. The fourth-order valence-electron chi connectivity index (χ4n) is 8.00. The number of carbonyl (C=O) groups excluding carboxylic acids is 1. The lowest BCUT2D eigenvalue weighted by atomic mass is 10.1. The molecule has 1 saturated heterocycles. The van der Waals surface area contributed by atoms with Crippen LogP contribution in [0.5, 0.6) is 0 Å². The van der Waals surface area contributed by atoms with E-state index in [-0.39, 0.29) is 18.4 Å². The molecule has 7 heteroatoms. The highest BCUT2D eigenvalue weighted by Crippen LogP contribution is 2.22. The van der Waals surface area contributed by atoms with E-state index in [1.54, 1.807) is 0 Å². The van der Waals surface area contributed by atoms with Gasteiger partial charge in [-0.3, -0.25) is 4.79 Å². The summed E-state index contributed by atoms with van der Waals surface area (Å²) in [6.45, 7) is 9.28. The average molecular weight is 999 g/mol. The SMILES string of the molecule is CCCCC/C=C\C/C=C\CCCCCCCCO.CCCCC/C=C\C/C=C\CCCCCCCCO.CCCCC/C=C\C/C=C\CCCCCCCCO[C@H]1CC[C@@H](COC(=O)CCN(C)C)O1. The van der Waals surface area contributed by atoms with Crippen molar-refractivity contribution in [1.82, 2.24) is 4.90 Å². The lowest BCUT2D eigenvalue weighted by Crippen LogP contribution is -2.23. The number of hydrogen-bond acceptors (Lipinski definition) is 7. The number of allylic oxidation sites excluding steroid dienone is 12. The van der Waals surface area contributed by atoms with Crippen molar-refractivity contribution in [3.05, 3.63) is 72.9 Å². The van der Waals surface area contributed by atoms with Gasteiger partial charge in [-0.15, -0.1) is 0 Å². The first-order valence-corrected chi connectivity index (χ1v) is 30.1. The Labute approximate surface area is 441 Å². The summed E-state index contributed by atoms with van der Waals surface area (Å²) in [4.78, 5) is 13.7. The van der Waals surface area contributed by atoms with E-state index >= 15 is 0 Å². The van der Waals surface area contributed by atoms with E-state index in [0.29, 0.717) is 32.8 Å². The van der Waals surface area contributed by atoms with Gasteiger partial charge in [-0.25, -0.2) is 0 Å². The largest absolute Gasteiger partial charge is 0.463 e. The van der Waals surface area contributed by atoms with Gasteiger partial charge in [0.15, 0.2) is 6.29 Å². The molecular formula is C64H119NO6. The van der Waals surface area contributed by atoms with Crippen LogP contribution in [0.4, 0.5) is 0 Å². The van der Waals surface area contributed by atoms with Crippen molar-refractivity contribution < 1.29 is 29.2 Å². The van der Waals surface area contributed by atoms with Gasteiger partial charge in [-0.05, 0) is 136 Å². The van der Waals surface area contributed by atoms with E-state index in [1.807, 2.05) is 19.0 Å². The zero-order valence-corrected chi connectivity index (χ0v) is 47.7. The van der Waals surface area contributed by atoms with Gasteiger partial charge in [0.1, 0.15) is 6.61 Å². The lowest BCUT2D eigenvalue weighted by molar-refractivity contribution is -0.160. The Hall–Kier alpha value is -2.29. The first kappa shape index (κ1) is 70.8. The second-order valence-electron chi connectivity index (χ2n) is 20.1. The number of rotatable bonds is 49. The second-order valence-corrected chi connectivity index (χ2v) is 20.1. The molecule has 7 nitrogen and oxygen atoms in total. The van der Waals surface area contributed by atoms with Crippen LogP contribution >= 0.6 is 0 Å². The number of carbonyl (C=O) groups is 1. The van der Waals surface area contributed by atoms with Crippen LogP contribution in [-0.2, 0) is 19.0 Å². The minimum atomic E-state index is -0.155. The van der Waals surface area contributed by atoms with Crippen LogP contribution in [0.2, 0.25) is 0 Å². The number of aliphatic hydroxyl groups excluding tert-OH is 2. The van der Waals surface area contributed by atoms with Crippen molar-refractivity contribution in [2.45, 2.75) is 284 Å². The summed E-state index contributed by atoms with van der Waals surface area (Å²) in [7, 11) is 3.90. The summed E-state index contributed by atoms with van der Waals surface area (Å²) in [6, 6.07) is 0. The van der Waals surface area contributed by atoms with E-state index in [4.69, 9.17) is 24.4 Å². The topological polar surface area (TPSA) is 88.5 Å². The van der Waals surface area contributed by atoms with Crippen molar-refractivity contribution >= 4 is 5.97 Å². The molecular weight excluding hydrogens is 879 g/mol. The average Bonchev–Trinajstić information content (AvgIpc) is 3.84. The van der Waals surface area contributed by atoms with Crippen LogP contribution in [0.25, 0.3) is 0 Å². The quantitative estimate of drug-likeness (QED) is 0.0357. The molecule has 1 fully saturated rings. The molecule has 0 spiro atoms. The molecule has 0 saturated carbocycles. The minimum Gasteiger partial charge on any atom is -0.463 e.